The number of ether oxygens (including phenoxy) is 1. The van der Waals surface area contributed by atoms with Crippen molar-refractivity contribution in [2.75, 3.05) is 6.61 Å². The summed E-state index contributed by atoms with van der Waals surface area (Å²) in [5, 5.41) is 11.0. The molecule has 0 aromatic carbocycles. The maximum Gasteiger partial charge on any atom is 0.376 e. The van der Waals surface area contributed by atoms with Crippen LogP contribution in [0.3, 0.4) is 0 Å². The molecule has 2 atom stereocenters. The largest absolute Gasteiger partial charge is 0.536 e. The van der Waals surface area contributed by atoms with Gasteiger partial charge in [-0.25, -0.2) is 4.79 Å². The molecule has 0 fully saturated rings. The predicted octanol–water partition coefficient (Wildman–Crippen LogP) is 7.12. The highest BCUT2D eigenvalue weighted by Crippen LogP contribution is 2.42. The first-order valence-electron chi connectivity index (χ1n) is 12.0. The summed E-state index contributed by atoms with van der Waals surface area (Å²) >= 11 is 0. The van der Waals surface area contributed by atoms with E-state index in [2.05, 4.69) is 88.5 Å². The molecule has 0 saturated carbocycles. The highest BCUT2D eigenvalue weighted by atomic mass is 28.4. The van der Waals surface area contributed by atoms with Crippen LogP contribution in [0.2, 0.25) is 54.4 Å². The summed E-state index contributed by atoms with van der Waals surface area (Å²) in [5.41, 5.74) is 0. The van der Waals surface area contributed by atoms with Gasteiger partial charge in [-0.15, -0.1) is 0 Å². The molecule has 1 aliphatic heterocycles. The molecule has 194 valence electrons. The molecular formula is C24H50O6Si3. The zero-order valence-electron chi connectivity index (χ0n) is 23.9. The van der Waals surface area contributed by atoms with E-state index >= 15 is 0 Å². The minimum absolute atomic E-state index is 0.0232. The summed E-state index contributed by atoms with van der Waals surface area (Å²) < 4.78 is 25.0. The highest BCUT2D eigenvalue weighted by molar-refractivity contribution is 6.75. The van der Waals surface area contributed by atoms with E-state index in [0.29, 0.717) is 0 Å². The summed E-state index contributed by atoms with van der Waals surface area (Å²) in [6.45, 7) is 32.3. The molecule has 0 spiro atoms. The summed E-state index contributed by atoms with van der Waals surface area (Å²) in [7, 11) is -6.68. The topological polar surface area (TPSA) is 74.2 Å². The molecule has 0 saturated heterocycles. The van der Waals surface area contributed by atoms with Gasteiger partial charge in [0.2, 0.25) is 5.76 Å². The Hall–Kier alpha value is -0.619. The van der Waals surface area contributed by atoms with Crippen LogP contribution in [0.4, 0.5) is 0 Å². The van der Waals surface area contributed by atoms with Crippen molar-refractivity contribution in [1.29, 1.82) is 0 Å². The standard InChI is InChI=1S/C24H50O6Si3/c1-22(2,3)31(10,11)27-16-17(29-32(12,13)23(4,5)6)19-18(25)20(21(26)28-19)30-33(14,15)24(7,8)9/h17,19,25H,16H2,1-15H3/t17-,19+/m0/s1. The second kappa shape index (κ2) is 9.44. The monoisotopic (exact) mass is 518 g/mol. The number of carbonyl (C=O) groups is 1. The van der Waals surface area contributed by atoms with Crippen LogP contribution in [-0.2, 0) is 22.8 Å². The number of esters is 1. The van der Waals surface area contributed by atoms with Crippen LogP contribution < -0.4 is 0 Å². The molecule has 0 bridgehead atoms. The maximum atomic E-state index is 12.8. The molecule has 0 aromatic rings. The van der Waals surface area contributed by atoms with E-state index in [4.69, 9.17) is 18.0 Å². The van der Waals surface area contributed by atoms with Gasteiger partial charge in [0.1, 0.15) is 6.10 Å². The molecule has 0 unspecified atom stereocenters. The first kappa shape index (κ1) is 30.4. The second-order valence-corrected chi connectivity index (χ2v) is 28.2. The fourth-order valence-electron chi connectivity index (χ4n) is 2.46. The van der Waals surface area contributed by atoms with Gasteiger partial charge >= 0.3 is 5.97 Å². The fraction of sp³-hybridized carbons (Fsp3) is 0.875. The lowest BCUT2D eigenvalue weighted by Crippen LogP contribution is -2.51. The average Bonchev–Trinajstić information content (AvgIpc) is 2.83. The van der Waals surface area contributed by atoms with Gasteiger partial charge in [0.25, 0.3) is 8.32 Å². The number of aliphatic hydroxyl groups is 1. The summed E-state index contributed by atoms with van der Waals surface area (Å²) in [5.74, 6) is -0.867. The maximum absolute atomic E-state index is 12.8. The number of hydrogen-bond donors (Lipinski definition) is 1. The number of rotatable bonds is 8. The summed E-state index contributed by atoms with van der Waals surface area (Å²) in [6, 6.07) is 0. The third kappa shape index (κ3) is 6.96. The number of hydrogen-bond acceptors (Lipinski definition) is 6. The van der Waals surface area contributed by atoms with E-state index in [-0.39, 0.29) is 33.2 Å². The molecule has 0 aromatic heterocycles. The van der Waals surface area contributed by atoms with Gasteiger partial charge in [-0.05, 0) is 54.4 Å². The molecule has 0 aliphatic carbocycles. The number of aliphatic hydroxyl groups excluding tert-OH is 1. The van der Waals surface area contributed by atoms with Gasteiger partial charge < -0.3 is 23.1 Å². The summed E-state index contributed by atoms with van der Waals surface area (Å²) in [4.78, 5) is 12.8. The van der Waals surface area contributed by atoms with Crippen molar-refractivity contribution in [2.24, 2.45) is 0 Å². The highest BCUT2D eigenvalue weighted by Gasteiger charge is 2.50. The molecular weight excluding hydrogens is 469 g/mol. The van der Waals surface area contributed by atoms with E-state index in [0.717, 1.165) is 0 Å². The van der Waals surface area contributed by atoms with Crippen LogP contribution in [-0.4, -0.2) is 54.8 Å². The van der Waals surface area contributed by atoms with Crippen molar-refractivity contribution >= 4 is 30.9 Å². The van der Waals surface area contributed by atoms with Crippen molar-refractivity contribution in [2.45, 2.75) is 129 Å². The normalized spacial score (nSPS) is 20.2. The van der Waals surface area contributed by atoms with Crippen molar-refractivity contribution in [3.63, 3.8) is 0 Å². The Morgan fingerprint density at radius 1 is 0.818 bits per heavy atom. The smallest absolute Gasteiger partial charge is 0.376 e. The Morgan fingerprint density at radius 3 is 1.64 bits per heavy atom. The molecule has 0 radical (unpaired) electrons. The minimum Gasteiger partial charge on any atom is -0.536 e. The summed E-state index contributed by atoms with van der Waals surface area (Å²) in [6.07, 6.45) is -1.54. The Morgan fingerprint density at radius 2 is 1.24 bits per heavy atom. The van der Waals surface area contributed by atoms with E-state index in [1.165, 1.54) is 0 Å². The van der Waals surface area contributed by atoms with Crippen molar-refractivity contribution < 1.29 is 27.9 Å². The molecule has 1 rings (SSSR count). The van der Waals surface area contributed by atoms with Gasteiger partial charge in [0.05, 0.1) is 6.61 Å². The lowest BCUT2D eigenvalue weighted by molar-refractivity contribution is -0.146. The van der Waals surface area contributed by atoms with Crippen LogP contribution in [0.15, 0.2) is 11.5 Å². The first-order valence-corrected chi connectivity index (χ1v) is 20.7. The lowest BCUT2D eigenvalue weighted by Gasteiger charge is -2.42. The van der Waals surface area contributed by atoms with Gasteiger partial charge in [0, 0.05) is 0 Å². The fourth-order valence-corrected chi connectivity index (χ4v) is 5.78. The van der Waals surface area contributed by atoms with E-state index in [1.807, 2.05) is 13.1 Å². The van der Waals surface area contributed by atoms with Crippen LogP contribution in [0.5, 0.6) is 0 Å². The van der Waals surface area contributed by atoms with Crippen molar-refractivity contribution in [3.8, 4) is 0 Å². The second-order valence-electron chi connectivity index (χ2n) is 13.9. The van der Waals surface area contributed by atoms with Crippen LogP contribution in [0, 0.1) is 0 Å². The third-order valence-electron chi connectivity index (χ3n) is 8.09. The van der Waals surface area contributed by atoms with Gasteiger partial charge in [-0.2, -0.15) is 0 Å². The molecule has 1 N–H and O–H groups in total. The molecule has 1 aliphatic rings. The number of carbonyl (C=O) groups excluding carboxylic acids is 1. The van der Waals surface area contributed by atoms with E-state index < -0.39 is 43.1 Å². The number of cyclic esters (lactones) is 1. The Balaban J connectivity index is 3.35. The molecule has 33 heavy (non-hydrogen) atoms. The minimum atomic E-state index is -2.34. The van der Waals surface area contributed by atoms with Crippen molar-refractivity contribution in [1.82, 2.24) is 0 Å². The molecule has 6 nitrogen and oxygen atoms in total. The SMILES string of the molecule is CC(C)(C)[Si](C)(C)OC[C@H](O[Si](C)(C)C(C)(C)C)[C@H]1OC(=O)C(O[Si](C)(C)C(C)(C)C)=C1O. The zero-order valence-corrected chi connectivity index (χ0v) is 26.9. The Kier molecular flexibility index (Phi) is 8.70. The van der Waals surface area contributed by atoms with Crippen LogP contribution >= 0.6 is 0 Å². The Labute approximate surface area is 205 Å². The molecule has 1 heterocycles. The quantitative estimate of drug-likeness (QED) is 0.272. The average molecular weight is 519 g/mol. The van der Waals surface area contributed by atoms with Gasteiger partial charge in [-0.1, -0.05) is 62.3 Å². The van der Waals surface area contributed by atoms with Crippen LogP contribution in [0.1, 0.15) is 62.3 Å². The molecule has 9 heteroatoms. The zero-order chi connectivity index (χ0) is 26.4. The van der Waals surface area contributed by atoms with E-state index in [9.17, 15) is 9.90 Å². The third-order valence-corrected chi connectivity index (χ3v) is 21.4. The van der Waals surface area contributed by atoms with E-state index in [1.54, 1.807) is 0 Å². The van der Waals surface area contributed by atoms with Crippen LogP contribution in [0.25, 0.3) is 0 Å². The van der Waals surface area contributed by atoms with Crippen molar-refractivity contribution in [3.05, 3.63) is 11.5 Å². The predicted molar refractivity (Wildman–Crippen MR) is 143 cm³/mol. The lowest BCUT2D eigenvalue weighted by atomic mass is 10.2. The molecule has 0 amide bonds. The first-order chi connectivity index (χ1) is 14.3. The Bertz CT molecular complexity index is 752. The van der Waals surface area contributed by atoms with Gasteiger partial charge in [-0.3, -0.25) is 0 Å². The van der Waals surface area contributed by atoms with Gasteiger partial charge in [0.15, 0.2) is 28.5 Å².